The van der Waals surface area contributed by atoms with Crippen LogP contribution in [0.15, 0.2) is 18.2 Å². The number of nitrogens with two attached hydrogens (primary N) is 1. The normalized spacial score (nSPS) is 16.6. The molecule has 0 spiro atoms. The first-order valence-corrected chi connectivity index (χ1v) is 6.33. The lowest BCUT2D eigenvalue weighted by Crippen LogP contribution is -2.87. The summed E-state index contributed by atoms with van der Waals surface area (Å²) in [7, 11) is 1.71. The topological polar surface area (TPSA) is 25.8 Å². The van der Waals surface area contributed by atoms with Gasteiger partial charge in [0.25, 0.3) is 0 Å². The predicted octanol–water partition coefficient (Wildman–Crippen LogP) is 2.35. The van der Waals surface area contributed by atoms with Crippen LogP contribution in [-0.4, -0.2) is 13.2 Å². The van der Waals surface area contributed by atoms with Gasteiger partial charge in [0.15, 0.2) is 0 Å². The summed E-state index contributed by atoms with van der Waals surface area (Å²) in [4.78, 5) is 0. The highest BCUT2D eigenvalue weighted by Crippen LogP contribution is 2.22. The number of halogens is 1. The Hall–Kier alpha value is -0.730. The molecule has 0 amide bonds. The minimum atomic E-state index is 0.788. The number of quaternary nitrogens is 1. The molecule has 2 N–H and O–H groups in total. The van der Waals surface area contributed by atoms with Crippen molar-refractivity contribution in [2.75, 3.05) is 7.11 Å². The average Bonchev–Trinajstić information content (AvgIpc) is 2.79. The summed E-state index contributed by atoms with van der Waals surface area (Å²) in [5.74, 6) is 0.943. The maximum atomic E-state index is 6.00. The van der Waals surface area contributed by atoms with Gasteiger partial charge in [-0.15, -0.1) is 0 Å². The average molecular weight is 241 g/mol. The van der Waals surface area contributed by atoms with Crippen LogP contribution in [0.3, 0.4) is 0 Å². The van der Waals surface area contributed by atoms with E-state index in [1.807, 2.05) is 18.2 Å². The van der Waals surface area contributed by atoms with Crippen LogP contribution >= 0.6 is 11.6 Å². The molecule has 0 atom stereocenters. The zero-order valence-corrected chi connectivity index (χ0v) is 10.5. The van der Waals surface area contributed by atoms with Crippen LogP contribution in [0.4, 0.5) is 0 Å². The van der Waals surface area contributed by atoms with Crippen molar-refractivity contribution < 1.29 is 10.1 Å². The zero-order chi connectivity index (χ0) is 11.4. The smallest absolute Gasteiger partial charge is 0.127 e. The molecule has 0 bridgehead atoms. The van der Waals surface area contributed by atoms with Crippen LogP contribution < -0.4 is 10.1 Å². The molecule has 0 aliphatic heterocycles. The molecule has 1 aliphatic rings. The van der Waals surface area contributed by atoms with Crippen LogP contribution in [0.2, 0.25) is 5.02 Å². The van der Waals surface area contributed by atoms with Crippen molar-refractivity contribution in [2.45, 2.75) is 38.3 Å². The van der Waals surface area contributed by atoms with Crippen molar-refractivity contribution in [3.05, 3.63) is 28.8 Å². The Labute approximate surface area is 102 Å². The first kappa shape index (κ1) is 11.7. The van der Waals surface area contributed by atoms with E-state index >= 15 is 0 Å². The molecule has 1 saturated carbocycles. The van der Waals surface area contributed by atoms with Gasteiger partial charge < -0.3 is 10.1 Å². The number of hydrogen-bond donors (Lipinski definition) is 1. The molecule has 3 heteroatoms. The summed E-state index contributed by atoms with van der Waals surface area (Å²) in [6, 6.07) is 6.62. The van der Waals surface area contributed by atoms with Crippen LogP contribution in [0, 0.1) is 0 Å². The molecule has 0 radical (unpaired) electrons. The minimum Gasteiger partial charge on any atom is -0.496 e. The van der Waals surface area contributed by atoms with Gasteiger partial charge in [-0.1, -0.05) is 11.6 Å². The Balaban J connectivity index is 1.98. The molecule has 88 valence electrons. The summed E-state index contributed by atoms with van der Waals surface area (Å²) in [6.07, 6.45) is 5.47. The van der Waals surface area contributed by atoms with Crippen LogP contribution in [-0.2, 0) is 6.54 Å². The van der Waals surface area contributed by atoms with Gasteiger partial charge in [-0.25, -0.2) is 0 Å². The first-order chi connectivity index (χ1) is 7.79. The Morgan fingerprint density at radius 3 is 2.81 bits per heavy atom. The number of methoxy groups -OCH3 is 1. The van der Waals surface area contributed by atoms with E-state index in [0.717, 1.165) is 23.4 Å². The van der Waals surface area contributed by atoms with Crippen molar-refractivity contribution in [3.63, 3.8) is 0 Å². The number of hydrogen-bond acceptors (Lipinski definition) is 1. The fraction of sp³-hybridized carbons (Fsp3) is 0.538. The van der Waals surface area contributed by atoms with Crippen molar-refractivity contribution in [1.29, 1.82) is 0 Å². The molecular weight excluding hydrogens is 222 g/mol. The fourth-order valence-electron chi connectivity index (χ4n) is 2.39. The van der Waals surface area contributed by atoms with Gasteiger partial charge in [0.05, 0.1) is 13.2 Å². The predicted molar refractivity (Wildman–Crippen MR) is 65.9 cm³/mol. The SMILES string of the molecule is COc1ccc(Cl)cc1C[NH2+]C1CCCC1. The van der Waals surface area contributed by atoms with E-state index in [2.05, 4.69) is 5.32 Å². The molecule has 0 heterocycles. The summed E-state index contributed by atoms with van der Waals surface area (Å²) in [5.41, 5.74) is 1.20. The molecule has 1 aliphatic carbocycles. The van der Waals surface area contributed by atoms with Crippen molar-refractivity contribution in [1.82, 2.24) is 0 Å². The maximum Gasteiger partial charge on any atom is 0.127 e. The third-order valence-corrected chi connectivity index (χ3v) is 3.55. The molecule has 1 aromatic carbocycles. The maximum absolute atomic E-state index is 6.00. The summed E-state index contributed by atoms with van der Waals surface area (Å²) < 4.78 is 5.34. The lowest BCUT2D eigenvalue weighted by molar-refractivity contribution is -0.703. The summed E-state index contributed by atoms with van der Waals surface area (Å²) in [5, 5.41) is 3.21. The molecule has 1 fully saturated rings. The monoisotopic (exact) mass is 240 g/mol. The molecule has 0 aromatic heterocycles. The standard InChI is InChI=1S/C13H18ClNO/c1-16-13-7-6-11(14)8-10(13)9-15-12-4-2-3-5-12/h6-8,12,15H,2-5,9H2,1H3/p+1. The van der Waals surface area contributed by atoms with Gasteiger partial charge >= 0.3 is 0 Å². The number of ether oxygens (including phenoxy) is 1. The van der Waals surface area contributed by atoms with Crippen molar-refractivity contribution >= 4 is 11.6 Å². The Morgan fingerprint density at radius 1 is 1.38 bits per heavy atom. The summed E-state index contributed by atoms with van der Waals surface area (Å²) >= 11 is 6.00. The van der Waals surface area contributed by atoms with Gasteiger partial charge in [0.1, 0.15) is 12.3 Å². The molecule has 16 heavy (non-hydrogen) atoms. The number of rotatable bonds is 4. The van der Waals surface area contributed by atoms with Crippen LogP contribution in [0.25, 0.3) is 0 Å². The highest BCUT2D eigenvalue weighted by molar-refractivity contribution is 6.30. The van der Waals surface area contributed by atoms with Gasteiger partial charge in [-0.2, -0.15) is 0 Å². The lowest BCUT2D eigenvalue weighted by Gasteiger charge is -2.11. The Morgan fingerprint density at radius 2 is 2.12 bits per heavy atom. The number of benzene rings is 1. The van der Waals surface area contributed by atoms with E-state index in [4.69, 9.17) is 16.3 Å². The Bertz CT molecular complexity index is 348. The highest BCUT2D eigenvalue weighted by atomic mass is 35.5. The third kappa shape index (κ3) is 2.89. The Kier molecular flexibility index (Phi) is 4.08. The van der Waals surface area contributed by atoms with E-state index in [9.17, 15) is 0 Å². The lowest BCUT2D eigenvalue weighted by atomic mass is 10.1. The molecular formula is C13H19ClNO+. The second-order valence-electron chi connectivity index (χ2n) is 4.44. The van der Waals surface area contributed by atoms with Crippen molar-refractivity contribution in [3.8, 4) is 5.75 Å². The van der Waals surface area contributed by atoms with Crippen LogP contribution in [0.1, 0.15) is 31.2 Å². The minimum absolute atomic E-state index is 0.788. The zero-order valence-electron chi connectivity index (χ0n) is 9.71. The largest absolute Gasteiger partial charge is 0.496 e. The quantitative estimate of drug-likeness (QED) is 0.859. The second kappa shape index (κ2) is 5.55. The van der Waals surface area contributed by atoms with Gasteiger partial charge in [-0.3, -0.25) is 0 Å². The molecule has 0 saturated heterocycles. The molecule has 1 aromatic rings. The van der Waals surface area contributed by atoms with E-state index < -0.39 is 0 Å². The highest BCUT2D eigenvalue weighted by Gasteiger charge is 2.18. The van der Waals surface area contributed by atoms with E-state index in [-0.39, 0.29) is 0 Å². The summed E-state index contributed by atoms with van der Waals surface area (Å²) in [6.45, 7) is 0.967. The second-order valence-corrected chi connectivity index (χ2v) is 4.88. The fourth-order valence-corrected chi connectivity index (χ4v) is 2.59. The first-order valence-electron chi connectivity index (χ1n) is 5.95. The molecule has 2 nitrogen and oxygen atoms in total. The van der Waals surface area contributed by atoms with Gasteiger partial charge in [-0.05, 0) is 43.9 Å². The molecule has 0 unspecified atom stereocenters. The van der Waals surface area contributed by atoms with Gasteiger partial charge in [0.2, 0.25) is 0 Å². The third-order valence-electron chi connectivity index (χ3n) is 3.31. The molecule has 2 rings (SSSR count). The van der Waals surface area contributed by atoms with E-state index in [0.29, 0.717) is 0 Å². The van der Waals surface area contributed by atoms with Crippen molar-refractivity contribution in [2.24, 2.45) is 0 Å². The van der Waals surface area contributed by atoms with Gasteiger partial charge in [0, 0.05) is 10.6 Å². The van der Waals surface area contributed by atoms with Crippen LogP contribution in [0.5, 0.6) is 5.75 Å². The van der Waals surface area contributed by atoms with E-state index in [1.165, 1.54) is 31.2 Å². The van der Waals surface area contributed by atoms with E-state index in [1.54, 1.807) is 7.11 Å².